The van der Waals surface area contributed by atoms with E-state index in [1.807, 2.05) is 42.5 Å². The molecular weight excluding hydrogens is 495 g/mol. The number of nitrogens with one attached hydrogen (secondary N) is 1. The number of anilines is 2. The van der Waals surface area contributed by atoms with Gasteiger partial charge in [0.25, 0.3) is 5.91 Å². The first-order chi connectivity index (χ1) is 19.0. The van der Waals surface area contributed by atoms with E-state index in [1.165, 1.54) is 12.5 Å². The van der Waals surface area contributed by atoms with Crippen LogP contribution in [0.1, 0.15) is 45.5 Å². The number of carboxylic acid groups (broad SMARTS) is 1. The SMILES string of the molecule is O=C(O)c1cc(F)c(-c2ccccc2)cc1NC(=O)c1cc(N2CCCCC2)ccc1OCc1ccccc1. The Hall–Kier alpha value is -4.65. The number of hydrogen-bond acceptors (Lipinski definition) is 4. The van der Waals surface area contributed by atoms with Crippen molar-refractivity contribution < 1.29 is 23.8 Å². The zero-order valence-electron chi connectivity index (χ0n) is 21.4. The smallest absolute Gasteiger partial charge is 0.337 e. The predicted molar refractivity (Wildman–Crippen MR) is 150 cm³/mol. The molecule has 7 heteroatoms. The number of benzene rings is 4. The van der Waals surface area contributed by atoms with Gasteiger partial charge in [-0.25, -0.2) is 9.18 Å². The van der Waals surface area contributed by atoms with Crippen LogP contribution >= 0.6 is 0 Å². The Labute approximate surface area is 226 Å². The minimum atomic E-state index is -1.34. The van der Waals surface area contributed by atoms with Gasteiger partial charge in [-0.15, -0.1) is 0 Å². The highest BCUT2D eigenvalue weighted by molar-refractivity contribution is 6.10. The van der Waals surface area contributed by atoms with Gasteiger partial charge in [0, 0.05) is 24.3 Å². The van der Waals surface area contributed by atoms with Gasteiger partial charge in [-0.2, -0.15) is 0 Å². The zero-order valence-corrected chi connectivity index (χ0v) is 21.4. The quantitative estimate of drug-likeness (QED) is 0.259. The molecule has 2 N–H and O–H groups in total. The molecule has 6 nitrogen and oxygen atoms in total. The van der Waals surface area contributed by atoms with Crippen LogP contribution in [0.15, 0.2) is 91.0 Å². The minimum absolute atomic E-state index is 0.00476. The molecule has 1 fully saturated rings. The first-order valence-corrected chi connectivity index (χ1v) is 13.0. The first kappa shape index (κ1) is 26.0. The lowest BCUT2D eigenvalue weighted by molar-refractivity contribution is 0.0697. The van der Waals surface area contributed by atoms with Gasteiger partial charge in [0.2, 0.25) is 0 Å². The Morgan fingerprint density at radius 1 is 0.846 bits per heavy atom. The molecule has 5 rings (SSSR count). The molecule has 0 unspecified atom stereocenters. The summed E-state index contributed by atoms with van der Waals surface area (Å²) in [4.78, 5) is 27.9. The van der Waals surface area contributed by atoms with Crippen molar-refractivity contribution in [1.82, 2.24) is 0 Å². The number of halogens is 1. The third kappa shape index (κ3) is 6.09. The number of carbonyl (C=O) groups excluding carboxylic acids is 1. The number of carbonyl (C=O) groups is 2. The average Bonchev–Trinajstić information content (AvgIpc) is 2.98. The Balaban J connectivity index is 1.50. The van der Waals surface area contributed by atoms with Crippen molar-refractivity contribution in [1.29, 1.82) is 0 Å². The van der Waals surface area contributed by atoms with E-state index in [9.17, 15) is 19.1 Å². The number of amides is 1. The fourth-order valence-corrected chi connectivity index (χ4v) is 4.79. The molecule has 0 atom stereocenters. The van der Waals surface area contributed by atoms with Crippen molar-refractivity contribution >= 4 is 23.3 Å². The van der Waals surface area contributed by atoms with Crippen LogP contribution in [-0.2, 0) is 6.61 Å². The molecule has 1 amide bonds. The van der Waals surface area contributed by atoms with E-state index in [0.717, 1.165) is 43.2 Å². The summed E-state index contributed by atoms with van der Waals surface area (Å²) in [5.41, 5.74) is 2.55. The fraction of sp³-hybridized carbons (Fsp3) is 0.188. The highest BCUT2D eigenvalue weighted by Crippen LogP contribution is 2.32. The molecule has 0 saturated carbocycles. The summed E-state index contributed by atoms with van der Waals surface area (Å²) >= 11 is 0. The van der Waals surface area contributed by atoms with Crippen molar-refractivity contribution in [2.24, 2.45) is 0 Å². The van der Waals surface area contributed by atoms with Crippen molar-refractivity contribution in [3.8, 4) is 16.9 Å². The lowest BCUT2D eigenvalue weighted by Gasteiger charge is -2.29. The van der Waals surface area contributed by atoms with Gasteiger partial charge in [-0.3, -0.25) is 4.79 Å². The number of rotatable bonds is 8. The fourth-order valence-electron chi connectivity index (χ4n) is 4.79. The third-order valence-electron chi connectivity index (χ3n) is 6.84. The molecule has 0 spiro atoms. The highest BCUT2D eigenvalue weighted by Gasteiger charge is 2.22. The molecule has 0 aliphatic carbocycles. The molecule has 0 radical (unpaired) electrons. The van der Waals surface area contributed by atoms with Crippen molar-refractivity contribution in [3.63, 3.8) is 0 Å². The minimum Gasteiger partial charge on any atom is -0.488 e. The van der Waals surface area contributed by atoms with E-state index in [4.69, 9.17) is 4.74 Å². The summed E-state index contributed by atoms with van der Waals surface area (Å²) in [5.74, 6) is -2.19. The largest absolute Gasteiger partial charge is 0.488 e. The molecule has 0 aromatic heterocycles. The lowest BCUT2D eigenvalue weighted by atomic mass is 10.0. The van der Waals surface area contributed by atoms with Crippen LogP contribution in [0.2, 0.25) is 0 Å². The summed E-state index contributed by atoms with van der Waals surface area (Å²) in [6.07, 6.45) is 3.33. The molecule has 4 aromatic carbocycles. The first-order valence-electron chi connectivity index (χ1n) is 13.0. The average molecular weight is 525 g/mol. The maximum Gasteiger partial charge on any atom is 0.337 e. The second-order valence-electron chi connectivity index (χ2n) is 9.51. The molecule has 0 bridgehead atoms. The van der Waals surface area contributed by atoms with Crippen LogP contribution in [0, 0.1) is 5.82 Å². The van der Waals surface area contributed by atoms with Crippen LogP contribution < -0.4 is 15.0 Å². The molecular formula is C32H29FN2O4. The summed E-state index contributed by atoms with van der Waals surface area (Å²) in [7, 11) is 0. The Bertz CT molecular complexity index is 1470. The third-order valence-corrected chi connectivity index (χ3v) is 6.84. The van der Waals surface area contributed by atoms with E-state index in [0.29, 0.717) is 11.3 Å². The predicted octanol–water partition coefficient (Wildman–Crippen LogP) is 7.01. The molecule has 1 saturated heterocycles. The molecule has 39 heavy (non-hydrogen) atoms. The van der Waals surface area contributed by atoms with E-state index >= 15 is 0 Å². The van der Waals surface area contributed by atoms with Crippen molar-refractivity contribution in [2.75, 3.05) is 23.3 Å². The highest BCUT2D eigenvalue weighted by atomic mass is 19.1. The second-order valence-corrected chi connectivity index (χ2v) is 9.51. The summed E-state index contributed by atoms with van der Waals surface area (Å²) in [5, 5.41) is 12.5. The van der Waals surface area contributed by atoms with Crippen molar-refractivity contribution in [2.45, 2.75) is 25.9 Å². The van der Waals surface area contributed by atoms with Gasteiger partial charge < -0.3 is 20.1 Å². The van der Waals surface area contributed by atoms with Gasteiger partial charge in [0.1, 0.15) is 18.2 Å². The number of nitrogens with zero attached hydrogens (tertiary/aromatic N) is 1. The molecule has 198 valence electrons. The maximum absolute atomic E-state index is 14.9. The topological polar surface area (TPSA) is 78.9 Å². The number of ether oxygens (including phenoxy) is 1. The summed E-state index contributed by atoms with van der Waals surface area (Å²) in [6, 6.07) is 26.2. The normalized spacial score (nSPS) is 13.1. The van der Waals surface area contributed by atoms with Gasteiger partial charge in [-0.1, -0.05) is 60.7 Å². The van der Waals surface area contributed by atoms with Gasteiger partial charge in [0.05, 0.1) is 16.8 Å². The van der Waals surface area contributed by atoms with Crippen LogP contribution in [0.25, 0.3) is 11.1 Å². The maximum atomic E-state index is 14.9. The Kier molecular flexibility index (Phi) is 7.87. The van der Waals surface area contributed by atoms with Crippen LogP contribution in [0.3, 0.4) is 0 Å². The molecule has 4 aromatic rings. The van der Waals surface area contributed by atoms with E-state index < -0.39 is 17.7 Å². The summed E-state index contributed by atoms with van der Waals surface area (Å²) in [6.45, 7) is 2.05. The lowest BCUT2D eigenvalue weighted by Crippen LogP contribution is -2.29. The Morgan fingerprint density at radius 3 is 2.23 bits per heavy atom. The number of aromatic carboxylic acids is 1. The van der Waals surface area contributed by atoms with E-state index in [2.05, 4.69) is 10.2 Å². The number of piperidine rings is 1. The molecule has 1 heterocycles. The van der Waals surface area contributed by atoms with Gasteiger partial charge in [0.15, 0.2) is 0 Å². The van der Waals surface area contributed by atoms with E-state index in [-0.39, 0.29) is 29.0 Å². The standard InChI is InChI=1S/C32H29FN2O4/c33-28-19-26(32(37)38)29(20-25(28)23-12-6-2-7-13-23)34-31(36)27-18-24(35-16-8-3-9-17-35)14-15-30(27)39-21-22-10-4-1-5-11-22/h1-2,4-7,10-15,18-20H,3,8-9,16-17,21H2,(H,34,36)(H,37,38). The van der Waals surface area contributed by atoms with Crippen LogP contribution in [-0.4, -0.2) is 30.1 Å². The van der Waals surface area contributed by atoms with Crippen LogP contribution in [0.5, 0.6) is 5.75 Å². The molecule has 1 aliphatic rings. The van der Waals surface area contributed by atoms with E-state index in [1.54, 1.807) is 36.4 Å². The van der Waals surface area contributed by atoms with Gasteiger partial charge in [-0.05, 0) is 60.7 Å². The van der Waals surface area contributed by atoms with Gasteiger partial charge >= 0.3 is 5.97 Å². The molecule has 1 aliphatic heterocycles. The Morgan fingerprint density at radius 2 is 1.54 bits per heavy atom. The number of hydrogen-bond donors (Lipinski definition) is 2. The monoisotopic (exact) mass is 524 g/mol. The summed E-state index contributed by atoms with van der Waals surface area (Å²) < 4.78 is 21.0. The van der Waals surface area contributed by atoms with Crippen molar-refractivity contribution in [3.05, 3.63) is 114 Å². The van der Waals surface area contributed by atoms with Crippen LogP contribution in [0.4, 0.5) is 15.8 Å². The second kappa shape index (κ2) is 11.8. The zero-order chi connectivity index (χ0) is 27.2. The number of carboxylic acids is 1.